The van der Waals surface area contributed by atoms with Gasteiger partial charge >= 0.3 is 5.97 Å². The molecule has 1 fully saturated rings. The lowest BCUT2D eigenvalue weighted by Gasteiger charge is -2.29. The highest BCUT2D eigenvalue weighted by Crippen LogP contribution is 2.30. The van der Waals surface area contributed by atoms with Gasteiger partial charge in [0.1, 0.15) is 6.10 Å². The Morgan fingerprint density at radius 3 is 2.47 bits per heavy atom. The van der Waals surface area contributed by atoms with E-state index in [4.69, 9.17) is 4.74 Å². The van der Waals surface area contributed by atoms with Gasteiger partial charge in [-0.05, 0) is 25.2 Å². The van der Waals surface area contributed by atoms with Crippen LogP contribution in [0.1, 0.15) is 65.2 Å². The molecule has 0 radical (unpaired) electrons. The summed E-state index contributed by atoms with van der Waals surface area (Å²) < 4.78 is 5.54. The SMILES string of the molecule is CCCC(OC(=O)CC)C1CCCCC1. The lowest BCUT2D eigenvalue weighted by molar-refractivity contribution is -0.152. The zero-order chi connectivity index (χ0) is 11.1. The highest BCUT2D eigenvalue weighted by Gasteiger charge is 2.25. The summed E-state index contributed by atoms with van der Waals surface area (Å²) in [5, 5.41) is 0. The second kappa shape index (κ2) is 6.86. The Morgan fingerprint density at radius 1 is 1.27 bits per heavy atom. The van der Waals surface area contributed by atoms with Gasteiger partial charge in [0.15, 0.2) is 0 Å². The van der Waals surface area contributed by atoms with Crippen molar-refractivity contribution in [2.45, 2.75) is 71.3 Å². The number of hydrogen-bond donors (Lipinski definition) is 0. The van der Waals surface area contributed by atoms with E-state index in [-0.39, 0.29) is 12.1 Å². The Kier molecular flexibility index (Phi) is 5.74. The molecule has 1 saturated carbocycles. The summed E-state index contributed by atoms with van der Waals surface area (Å²) in [7, 11) is 0. The fourth-order valence-electron chi connectivity index (χ4n) is 2.43. The van der Waals surface area contributed by atoms with Crippen molar-refractivity contribution in [2.24, 2.45) is 5.92 Å². The minimum atomic E-state index is -0.0287. The molecule has 1 aliphatic carbocycles. The zero-order valence-corrected chi connectivity index (χ0v) is 10.1. The van der Waals surface area contributed by atoms with Crippen LogP contribution in [0.3, 0.4) is 0 Å². The number of hydrogen-bond acceptors (Lipinski definition) is 2. The maximum atomic E-state index is 11.3. The molecule has 2 heteroatoms. The zero-order valence-electron chi connectivity index (χ0n) is 10.1. The Bertz CT molecular complexity index is 183. The van der Waals surface area contributed by atoms with Crippen molar-refractivity contribution < 1.29 is 9.53 Å². The summed E-state index contributed by atoms with van der Waals surface area (Å²) in [4.78, 5) is 11.3. The van der Waals surface area contributed by atoms with Gasteiger partial charge in [0.05, 0.1) is 0 Å². The molecule has 1 unspecified atom stereocenters. The molecule has 0 bridgehead atoms. The third kappa shape index (κ3) is 4.23. The van der Waals surface area contributed by atoms with Gasteiger partial charge in [-0.3, -0.25) is 4.79 Å². The van der Waals surface area contributed by atoms with Gasteiger partial charge in [-0.15, -0.1) is 0 Å². The normalized spacial score (nSPS) is 19.9. The molecule has 1 aliphatic rings. The van der Waals surface area contributed by atoms with Crippen LogP contribution in [-0.2, 0) is 9.53 Å². The Balaban J connectivity index is 2.43. The fraction of sp³-hybridized carbons (Fsp3) is 0.923. The van der Waals surface area contributed by atoms with E-state index in [1.165, 1.54) is 32.1 Å². The smallest absolute Gasteiger partial charge is 0.305 e. The topological polar surface area (TPSA) is 26.3 Å². The predicted octanol–water partition coefficient (Wildman–Crippen LogP) is 3.69. The van der Waals surface area contributed by atoms with Crippen molar-refractivity contribution in [3.05, 3.63) is 0 Å². The highest BCUT2D eigenvalue weighted by molar-refractivity contribution is 5.69. The van der Waals surface area contributed by atoms with E-state index in [0.717, 1.165) is 12.8 Å². The molecule has 0 aromatic heterocycles. The van der Waals surface area contributed by atoms with Gasteiger partial charge < -0.3 is 4.74 Å². The Labute approximate surface area is 93.4 Å². The molecule has 88 valence electrons. The molecule has 1 rings (SSSR count). The van der Waals surface area contributed by atoms with E-state index in [1.807, 2.05) is 6.92 Å². The average Bonchev–Trinajstić information content (AvgIpc) is 2.29. The van der Waals surface area contributed by atoms with Gasteiger partial charge in [-0.25, -0.2) is 0 Å². The number of carbonyl (C=O) groups is 1. The maximum absolute atomic E-state index is 11.3. The van der Waals surface area contributed by atoms with Crippen LogP contribution in [0, 0.1) is 5.92 Å². The van der Waals surface area contributed by atoms with Crippen LogP contribution in [0.5, 0.6) is 0 Å². The van der Waals surface area contributed by atoms with E-state index >= 15 is 0 Å². The molecule has 2 nitrogen and oxygen atoms in total. The minimum Gasteiger partial charge on any atom is -0.462 e. The third-order valence-corrected chi connectivity index (χ3v) is 3.32. The summed E-state index contributed by atoms with van der Waals surface area (Å²) in [5.74, 6) is 0.605. The molecule has 15 heavy (non-hydrogen) atoms. The molecule has 0 N–H and O–H groups in total. The summed E-state index contributed by atoms with van der Waals surface area (Å²) in [6.07, 6.45) is 9.34. The second-order valence-electron chi connectivity index (χ2n) is 4.57. The van der Waals surface area contributed by atoms with Crippen molar-refractivity contribution in [1.29, 1.82) is 0 Å². The standard InChI is InChI=1S/C13H24O2/c1-3-8-12(15-13(14)4-2)11-9-6-5-7-10-11/h11-12H,3-10H2,1-2H3. The van der Waals surface area contributed by atoms with Gasteiger partial charge in [0.25, 0.3) is 0 Å². The van der Waals surface area contributed by atoms with Crippen LogP contribution in [0.4, 0.5) is 0 Å². The number of rotatable bonds is 5. The van der Waals surface area contributed by atoms with Crippen molar-refractivity contribution in [2.75, 3.05) is 0 Å². The average molecular weight is 212 g/mol. The van der Waals surface area contributed by atoms with Crippen LogP contribution in [0.15, 0.2) is 0 Å². The lowest BCUT2D eigenvalue weighted by atomic mass is 9.84. The summed E-state index contributed by atoms with van der Waals surface area (Å²) in [5.41, 5.74) is 0. The van der Waals surface area contributed by atoms with E-state index in [9.17, 15) is 4.79 Å². The van der Waals surface area contributed by atoms with Crippen LogP contribution < -0.4 is 0 Å². The van der Waals surface area contributed by atoms with E-state index in [0.29, 0.717) is 12.3 Å². The highest BCUT2D eigenvalue weighted by atomic mass is 16.5. The largest absolute Gasteiger partial charge is 0.462 e. The first kappa shape index (κ1) is 12.5. The van der Waals surface area contributed by atoms with E-state index in [1.54, 1.807) is 0 Å². The molecular formula is C13H24O2. The molecule has 0 spiro atoms. The molecule has 1 atom stereocenters. The molecule has 0 aliphatic heterocycles. The molecule has 0 saturated heterocycles. The Morgan fingerprint density at radius 2 is 1.93 bits per heavy atom. The van der Waals surface area contributed by atoms with Crippen LogP contribution in [0.2, 0.25) is 0 Å². The van der Waals surface area contributed by atoms with Gasteiger partial charge in [0, 0.05) is 6.42 Å². The fourth-order valence-corrected chi connectivity index (χ4v) is 2.43. The number of ether oxygens (including phenoxy) is 1. The van der Waals surface area contributed by atoms with E-state index in [2.05, 4.69) is 6.92 Å². The Hall–Kier alpha value is -0.530. The first-order valence-electron chi connectivity index (χ1n) is 6.47. The monoisotopic (exact) mass is 212 g/mol. The minimum absolute atomic E-state index is 0.0287. The second-order valence-corrected chi connectivity index (χ2v) is 4.57. The van der Waals surface area contributed by atoms with Crippen LogP contribution in [0.25, 0.3) is 0 Å². The van der Waals surface area contributed by atoms with Crippen molar-refractivity contribution in [1.82, 2.24) is 0 Å². The van der Waals surface area contributed by atoms with Crippen molar-refractivity contribution >= 4 is 5.97 Å². The molecular weight excluding hydrogens is 188 g/mol. The molecule has 0 aromatic carbocycles. The maximum Gasteiger partial charge on any atom is 0.305 e. The number of esters is 1. The van der Waals surface area contributed by atoms with Gasteiger partial charge in [-0.1, -0.05) is 39.5 Å². The summed E-state index contributed by atoms with van der Waals surface area (Å²) >= 11 is 0. The molecule has 0 heterocycles. The quantitative estimate of drug-likeness (QED) is 0.650. The molecule has 0 amide bonds. The van der Waals surface area contributed by atoms with Gasteiger partial charge in [0.2, 0.25) is 0 Å². The first-order valence-corrected chi connectivity index (χ1v) is 6.47. The van der Waals surface area contributed by atoms with E-state index < -0.39 is 0 Å². The summed E-state index contributed by atoms with van der Waals surface area (Å²) in [6, 6.07) is 0. The number of carbonyl (C=O) groups excluding carboxylic acids is 1. The van der Waals surface area contributed by atoms with Crippen molar-refractivity contribution in [3.63, 3.8) is 0 Å². The van der Waals surface area contributed by atoms with Crippen LogP contribution >= 0.6 is 0 Å². The van der Waals surface area contributed by atoms with Crippen molar-refractivity contribution in [3.8, 4) is 0 Å². The van der Waals surface area contributed by atoms with Crippen LogP contribution in [-0.4, -0.2) is 12.1 Å². The first-order chi connectivity index (χ1) is 7.27. The summed E-state index contributed by atoms with van der Waals surface area (Å²) in [6.45, 7) is 4.03. The molecule has 0 aromatic rings. The third-order valence-electron chi connectivity index (χ3n) is 3.32. The van der Waals surface area contributed by atoms with Gasteiger partial charge in [-0.2, -0.15) is 0 Å². The lowest BCUT2D eigenvalue weighted by Crippen LogP contribution is -2.28. The predicted molar refractivity (Wildman–Crippen MR) is 61.7 cm³/mol.